The predicted octanol–water partition coefficient (Wildman–Crippen LogP) is 0.441. The van der Waals surface area contributed by atoms with E-state index in [-0.39, 0.29) is 28.2 Å². The molecule has 0 saturated carbocycles. The van der Waals surface area contributed by atoms with Crippen LogP contribution in [0.4, 0.5) is 10.1 Å². The van der Waals surface area contributed by atoms with Crippen LogP contribution in [0.15, 0.2) is 21.5 Å². The maximum atomic E-state index is 13.0. The van der Waals surface area contributed by atoms with Gasteiger partial charge in [0.05, 0.1) is 17.2 Å². The van der Waals surface area contributed by atoms with E-state index >= 15 is 0 Å². The summed E-state index contributed by atoms with van der Waals surface area (Å²) >= 11 is 2.93. The molecule has 0 spiro atoms. The number of aliphatic hydroxyl groups excluding tert-OH is 1. The van der Waals surface area contributed by atoms with Crippen LogP contribution >= 0.6 is 15.9 Å². The molecule has 0 bridgehead atoms. The summed E-state index contributed by atoms with van der Waals surface area (Å²) in [4.78, 5) is -0.167. The van der Waals surface area contributed by atoms with E-state index in [0.29, 0.717) is 0 Å². The average Bonchev–Trinajstić information content (AvgIpc) is 2.20. The Hall–Kier alpha value is -0.700. The van der Waals surface area contributed by atoms with Crippen LogP contribution in [0.25, 0.3) is 0 Å². The first-order valence-electron chi connectivity index (χ1n) is 4.23. The van der Waals surface area contributed by atoms with Gasteiger partial charge < -0.3 is 10.8 Å². The third kappa shape index (κ3) is 2.91. The van der Waals surface area contributed by atoms with Crippen molar-refractivity contribution in [3.63, 3.8) is 0 Å². The quantitative estimate of drug-likeness (QED) is 0.703. The van der Waals surface area contributed by atoms with Crippen LogP contribution in [-0.2, 0) is 10.0 Å². The molecule has 1 aromatic rings. The van der Waals surface area contributed by atoms with Gasteiger partial charge in [0.25, 0.3) is 0 Å². The molecule has 0 aliphatic heterocycles. The summed E-state index contributed by atoms with van der Waals surface area (Å²) in [6.07, 6.45) is 0. The number of anilines is 1. The van der Waals surface area contributed by atoms with Gasteiger partial charge in [0.15, 0.2) is 0 Å². The van der Waals surface area contributed by atoms with Crippen molar-refractivity contribution in [3.05, 3.63) is 22.4 Å². The molecule has 0 saturated heterocycles. The van der Waals surface area contributed by atoms with Crippen molar-refractivity contribution in [2.75, 3.05) is 18.9 Å². The Kier molecular flexibility index (Phi) is 4.25. The molecule has 16 heavy (non-hydrogen) atoms. The largest absolute Gasteiger partial charge is 0.396 e. The SMILES string of the molecule is Nc1cc(S(=O)(=O)NCCO)c(Br)cc1F. The summed E-state index contributed by atoms with van der Waals surface area (Å²) in [5, 5.41) is 8.52. The number of sulfonamides is 1. The highest BCUT2D eigenvalue weighted by Crippen LogP contribution is 2.26. The Morgan fingerprint density at radius 2 is 2.12 bits per heavy atom. The summed E-state index contributed by atoms with van der Waals surface area (Å²) in [7, 11) is -3.80. The van der Waals surface area contributed by atoms with Gasteiger partial charge in [-0.1, -0.05) is 0 Å². The Bertz CT molecular complexity index is 492. The first kappa shape index (κ1) is 13.4. The number of hydrogen-bond donors (Lipinski definition) is 3. The molecule has 0 aliphatic rings. The minimum atomic E-state index is -3.80. The first-order valence-corrected chi connectivity index (χ1v) is 6.51. The van der Waals surface area contributed by atoms with Gasteiger partial charge in [-0.3, -0.25) is 0 Å². The molecular weight excluding hydrogens is 303 g/mol. The number of benzene rings is 1. The molecule has 0 aromatic heterocycles. The molecule has 0 atom stereocenters. The minimum absolute atomic E-state index is 0.0737. The fourth-order valence-corrected chi connectivity index (χ4v) is 3.08. The van der Waals surface area contributed by atoms with Crippen molar-refractivity contribution in [2.45, 2.75) is 4.90 Å². The Balaban J connectivity index is 3.18. The highest BCUT2D eigenvalue weighted by Gasteiger charge is 2.19. The topological polar surface area (TPSA) is 92.4 Å². The van der Waals surface area contributed by atoms with E-state index in [9.17, 15) is 12.8 Å². The van der Waals surface area contributed by atoms with Crippen LogP contribution in [0.1, 0.15) is 0 Å². The number of halogens is 2. The maximum Gasteiger partial charge on any atom is 0.241 e. The lowest BCUT2D eigenvalue weighted by molar-refractivity contribution is 0.301. The van der Waals surface area contributed by atoms with Crippen LogP contribution < -0.4 is 10.5 Å². The van der Waals surface area contributed by atoms with Crippen molar-refractivity contribution >= 4 is 31.6 Å². The molecule has 5 nitrogen and oxygen atoms in total. The second kappa shape index (κ2) is 5.09. The van der Waals surface area contributed by atoms with Crippen LogP contribution in [0.2, 0.25) is 0 Å². The molecule has 1 rings (SSSR count). The molecule has 0 heterocycles. The summed E-state index contributed by atoms with van der Waals surface area (Å²) < 4.78 is 38.5. The van der Waals surface area contributed by atoms with Crippen molar-refractivity contribution in [2.24, 2.45) is 0 Å². The third-order valence-electron chi connectivity index (χ3n) is 1.74. The lowest BCUT2D eigenvalue weighted by Gasteiger charge is -2.08. The van der Waals surface area contributed by atoms with Gasteiger partial charge in [0, 0.05) is 11.0 Å². The van der Waals surface area contributed by atoms with Gasteiger partial charge in [0.1, 0.15) is 5.82 Å². The monoisotopic (exact) mass is 312 g/mol. The van der Waals surface area contributed by atoms with Crippen LogP contribution in [0.3, 0.4) is 0 Å². The molecule has 0 unspecified atom stereocenters. The van der Waals surface area contributed by atoms with E-state index in [0.717, 1.165) is 12.1 Å². The van der Waals surface area contributed by atoms with Crippen molar-refractivity contribution in [3.8, 4) is 0 Å². The fraction of sp³-hybridized carbons (Fsp3) is 0.250. The van der Waals surface area contributed by atoms with E-state index in [4.69, 9.17) is 10.8 Å². The smallest absolute Gasteiger partial charge is 0.241 e. The second-order valence-corrected chi connectivity index (χ2v) is 5.52. The molecule has 0 radical (unpaired) electrons. The molecule has 1 aromatic carbocycles. The molecular formula is C8H10BrFN2O3S. The molecule has 8 heteroatoms. The van der Waals surface area contributed by atoms with Gasteiger partial charge in [0.2, 0.25) is 10.0 Å². The highest BCUT2D eigenvalue weighted by atomic mass is 79.9. The average molecular weight is 313 g/mol. The minimum Gasteiger partial charge on any atom is -0.396 e. The number of rotatable bonds is 4. The molecule has 90 valence electrons. The summed E-state index contributed by atoms with van der Waals surface area (Å²) in [5.41, 5.74) is 5.02. The van der Waals surface area contributed by atoms with Crippen LogP contribution in [0, 0.1) is 5.82 Å². The predicted molar refractivity (Wildman–Crippen MR) is 60.8 cm³/mol. The fourth-order valence-electron chi connectivity index (χ4n) is 1.01. The van der Waals surface area contributed by atoms with Gasteiger partial charge in [-0.15, -0.1) is 0 Å². The normalized spacial score (nSPS) is 11.7. The standard InChI is InChI=1S/C8H10BrFN2O3S/c9-5-3-6(10)7(11)4-8(5)16(14,15)12-1-2-13/h3-4,12-13H,1-2,11H2. The Morgan fingerprint density at radius 1 is 1.50 bits per heavy atom. The molecule has 0 aliphatic carbocycles. The highest BCUT2D eigenvalue weighted by molar-refractivity contribution is 9.10. The number of aliphatic hydroxyl groups is 1. The number of hydrogen-bond acceptors (Lipinski definition) is 4. The first-order chi connectivity index (χ1) is 7.38. The zero-order chi connectivity index (χ0) is 12.3. The zero-order valence-electron chi connectivity index (χ0n) is 8.07. The maximum absolute atomic E-state index is 13.0. The third-order valence-corrected chi connectivity index (χ3v) is 4.16. The summed E-state index contributed by atoms with van der Waals surface area (Å²) in [5.74, 6) is -0.701. The molecule has 0 fully saturated rings. The van der Waals surface area contributed by atoms with Crippen LogP contribution in [0.5, 0.6) is 0 Å². The van der Waals surface area contributed by atoms with Gasteiger partial charge in [-0.25, -0.2) is 17.5 Å². The lowest BCUT2D eigenvalue weighted by Crippen LogP contribution is -2.27. The van der Waals surface area contributed by atoms with E-state index in [1.807, 2.05) is 0 Å². The van der Waals surface area contributed by atoms with Crippen molar-refractivity contribution in [1.29, 1.82) is 0 Å². The molecule has 0 amide bonds. The number of nitrogens with two attached hydrogens (primary N) is 1. The van der Waals surface area contributed by atoms with E-state index in [1.165, 1.54) is 0 Å². The van der Waals surface area contributed by atoms with Crippen molar-refractivity contribution in [1.82, 2.24) is 4.72 Å². The van der Waals surface area contributed by atoms with Gasteiger partial charge >= 0.3 is 0 Å². The van der Waals surface area contributed by atoms with Crippen LogP contribution in [-0.4, -0.2) is 26.7 Å². The van der Waals surface area contributed by atoms with E-state index < -0.39 is 15.8 Å². The second-order valence-electron chi connectivity index (χ2n) is 2.93. The Labute approximate surface area is 101 Å². The Morgan fingerprint density at radius 3 is 2.69 bits per heavy atom. The lowest BCUT2D eigenvalue weighted by atomic mass is 10.3. The zero-order valence-corrected chi connectivity index (χ0v) is 10.5. The van der Waals surface area contributed by atoms with Gasteiger partial charge in [-0.05, 0) is 28.1 Å². The number of nitrogen functional groups attached to an aromatic ring is 1. The summed E-state index contributed by atoms with van der Waals surface area (Å²) in [6.45, 7) is -0.445. The number of nitrogens with one attached hydrogen (secondary N) is 1. The summed E-state index contributed by atoms with van der Waals surface area (Å²) in [6, 6.07) is 1.99. The van der Waals surface area contributed by atoms with E-state index in [2.05, 4.69) is 20.7 Å². The van der Waals surface area contributed by atoms with Gasteiger partial charge in [-0.2, -0.15) is 0 Å². The van der Waals surface area contributed by atoms with E-state index in [1.54, 1.807) is 0 Å². The van der Waals surface area contributed by atoms with Crippen molar-refractivity contribution < 1.29 is 17.9 Å². The molecule has 4 N–H and O–H groups in total.